The second-order valence-electron chi connectivity index (χ2n) is 4.57. The molecule has 20 heavy (non-hydrogen) atoms. The highest BCUT2D eigenvalue weighted by molar-refractivity contribution is 7.25. The molecule has 0 N–H and O–H groups in total. The summed E-state index contributed by atoms with van der Waals surface area (Å²) in [5, 5.41) is 2.72. The van der Waals surface area contributed by atoms with Crippen LogP contribution >= 0.6 is 22.9 Å². The Morgan fingerprint density at radius 1 is 1.15 bits per heavy atom. The Labute approximate surface area is 126 Å². The number of rotatable bonds is 1. The van der Waals surface area contributed by atoms with Gasteiger partial charge in [-0.2, -0.15) is 0 Å². The van der Waals surface area contributed by atoms with Crippen molar-refractivity contribution < 1.29 is 4.79 Å². The third kappa shape index (κ3) is 2.10. The molecule has 0 saturated heterocycles. The predicted octanol–water partition coefficient (Wildman–Crippen LogP) is 5.28. The Morgan fingerprint density at radius 2 is 1.90 bits per heavy atom. The first-order valence-electron chi connectivity index (χ1n) is 6.19. The molecule has 0 bridgehead atoms. The summed E-state index contributed by atoms with van der Waals surface area (Å²) in [4.78, 5) is 11.6. The quantitative estimate of drug-likeness (QED) is 0.441. The van der Waals surface area contributed by atoms with Crippen LogP contribution in [0.15, 0.2) is 30.3 Å². The third-order valence-corrected chi connectivity index (χ3v) is 4.65. The molecule has 3 rings (SSSR count). The highest BCUT2D eigenvalue weighted by Gasteiger charge is 2.12. The Hall–Kier alpha value is -1.82. The van der Waals surface area contributed by atoms with Crippen molar-refractivity contribution in [3.8, 4) is 11.8 Å². The van der Waals surface area contributed by atoms with Crippen molar-refractivity contribution in [3.05, 3.63) is 46.5 Å². The summed E-state index contributed by atoms with van der Waals surface area (Å²) in [6.07, 6.45) is 0. The van der Waals surface area contributed by atoms with Gasteiger partial charge in [-0.3, -0.25) is 4.79 Å². The standard InChI is InChI=1S/C17H11ClOS/c1-3-4-11-5-6-16-13(7-11)14-8-12(10(2)19)15(18)9-17(14)20-16/h5-9H,1-2H3. The zero-order valence-corrected chi connectivity index (χ0v) is 12.7. The van der Waals surface area contributed by atoms with Crippen molar-refractivity contribution in [2.45, 2.75) is 13.8 Å². The van der Waals surface area contributed by atoms with Gasteiger partial charge in [0.1, 0.15) is 0 Å². The number of ketones is 1. The van der Waals surface area contributed by atoms with Crippen LogP contribution in [0.1, 0.15) is 29.8 Å². The molecule has 3 heteroatoms. The van der Waals surface area contributed by atoms with E-state index >= 15 is 0 Å². The molecule has 2 aromatic carbocycles. The number of fused-ring (bicyclic) bond motifs is 3. The van der Waals surface area contributed by atoms with Gasteiger partial charge in [-0.25, -0.2) is 0 Å². The first-order valence-corrected chi connectivity index (χ1v) is 7.39. The highest BCUT2D eigenvalue weighted by Crippen LogP contribution is 2.37. The number of hydrogen-bond acceptors (Lipinski definition) is 2. The summed E-state index contributed by atoms with van der Waals surface area (Å²) in [6, 6.07) is 9.93. The average molecular weight is 299 g/mol. The first kappa shape index (κ1) is 13.2. The van der Waals surface area contributed by atoms with Crippen LogP contribution in [0.3, 0.4) is 0 Å². The first-order chi connectivity index (χ1) is 9.60. The van der Waals surface area contributed by atoms with E-state index < -0.39 is 0 Å². The molecule has 1 aromatic heterocycles. The van der Waals surface area contributed by atoms with E-state index in [2.05, 4.69) is 24.0 Å². The van der Waals surface area contributed by atoms with Crippen molar-refractivity contribution in [1.29, 1.82) is 0 Å². The topological polar surface area (TPSA) is 17.1 Å². The van der Waals surface area contributed by atoms with Crippen LogP contribution in [-0.4, -0.2) is 5.78 Å². The van der Waals surface area contributed by atoms with Crippen LogP contribution in [0.2, 0.25) is 5.02 Å². The zero-order valence-electron chi connectivity index (χ0n) is 11.1. The number of thiophene rings is 1. The van der Waals surface area contributed by atoms with Crippen LogP contribution in [0.5, 0.6) is 0 Å². The zero-order chi connectivity index (χ0) is 14.3. The Balaban J connectivity index is 2.39. The molecule has 1 heterocycles. The predicted molar refractivity (Wildman–Crippen MR) is 86.9 cm³/mol. The summed E-state index contributed by atoms with van der Waals surface area (Å²) in [6.45, 7) is 3.36. The van der Waals surface area contributed by atoms with E-state index in [-0.39, 0.29) is 5.78 Å². The molecule has 0 aliphatic carbocycles. The lowest BCUT2D eigenvalue weighted by molar-refractivity contribution is 0.101. The summed E-state index contributed by atoms with van der Waals surface area (Å²) in [5.41, 5.74) is 1.56. The van der Waals surface area contributed by atoms with Gasteiger partial charge in [0, 0.05) is 31.3 Å². The minimum absolute atomic E-state index is 0.0132. The Morgan fingerprint density at radius 3 is 2.60 bits per heavy atom. The van der Waals surface area contributed by atoms with E-state index in [1.54, 1.807) is 11.3 Å². The molecule has 0 saturated carbocycles. The average Bonchev–Trinajstić information content (AvgIpc) is 2.74. The van der Waals surface area contributed by atoms with Crippen LogP contribution in [0.4, 0.5) is 0 Å². The molecule has 0 fully saturated rings. The van der Waals surface area contributed by atoms with Gasteiger partial charge in [0.05, 0.1) is 5.02 Å². The molecule has 0 aliphatic rings. The van der Waals surface area contributed by atoms with E-state index in [4.69, 9.17) is 11.6 Å². The fourth-order valence-electron chi connectivity index (χ4n) is 2.29. The monoisotopic (exact) mass is 298 g/mol. The molecule has 0 radical (unpaired) electrons. The second-order valence-corrected chi connectivity index (χ2v) is 6.06. The van der Waals surface area contributed by atoms with Crippen LogP contribution in [0.25, 0.3) is 20.2 Å². The van der Waals surface area contributed by atoms with Gasteiger partial charge >= 0.3 is 0 Å². The lowest BCUT2D eigenvalue weighted by Crippen LogP contribution is -1.92. The van der Waals surface area contributed by atoms with Crippen molar-refractivity contribution in [2.24, 2.45) is 0 Å². The molecule has 1 nitrogen and oxygen atoms in total. The molecule has 0 unspecified atom stereocenters. The van der Waals surface area contributed by atoms with E-state index in [0.29, 0.717) is 10.6 Å². The number of benzene rings is 2. The number of carbonyl (C=O) groups is 1. The number of carbonyl (C=O) groups excluding carboxylic acids is 1. The van der Waals surface area contributed by atoms with Crippen LogP contribution < -0.4 is 0 Å². The van der Waals surface area contributed by atoms with Crippen molar-refractivity contribution >= 4 is 48.9 Å². The minimum Gasteiger partial charge on any atom is -0.294 e. The Bertz CT molecular complexity index is 909. The van der Waals surface area contributed by atoms with Gasteiger partial charge < -0.3 is 0 Å². The van der Waals surface area contributed by atoms with E-state index in [0.717, 1.165) is 21.0 Å². The lowest BCUT2D eigenvalue weighted by Gasteiger charge is -2.00. The smallest absolute Gasteiger partial charge is 0.161 e. The summed E-state index contributed by atoms with van der Waals surface area (Å²) >= 11 is 7.85. The number of Topliss-reactive ketones (excluding diaryl/α,β-unsaturated/α-hetero) is 1. The molecular formula is C17H11ClOS. The molecule has 0 aliphatic heterocycles. The molecule has 98 valence electrons. The summed E-state index contributed by atoms with van der Waals surface area (Å²) in [7, 11) is 0. The number of halogens is 1. The lowest BCUT2D eigenvalue weighted by atomic mass is 10.1. The van der Waals surface area contributed by atoms with E-state index in [1.807, 2.05) is 25.1 Å². The molecule has 3 aromatic rings. The third-order valence-electron chi connectivity index (χ3n) is 3.21. The van der Waals surface area contributed by atoms with Gasteiger partial charge in [0.25, 0.3) is 0 Å². The van der Waals surface area contributed by atoms with Gasteiger partial charge in [0.2, 0.25) is 0 Å². The molecule has 0 atom stereocenters. The summed E-state index contributed by atoms with van der Waals surface area (Å²) in [5.74, 6) is 5.96. The van der Waals surface area contributed by atoms with Gasteiger partial charge in [-0.1, -0.05) is 17.5 Å². The van der Waals surface area contributed by atoms with Crippen LogP contribution in [0, 0.1) is 11.8 Å². The fraction of sp³-hybridized carbons (Fsp3) is 0.118. The highest BCUT2D eigenvalue weighted by atomic mass is 35.5. The minimum atomic E-state index is -0.0132. The van der Waals surface area contributed by atoms with Crippen molar-refractivity contribution in [1.82, 2.24) is 0 Å². The SMILES string of the molecule is CC#Cc1ccc2sc3cc(Cl)c(C(C)=O)cc3c2c1. The molecule has 0 amide bonds. The van der Waals surface area contributed by atoms with Crippen molar-refractivity contribution in [3.63, 3.8) is 0 Å². The second kappa shape index (κ2) is 4.94. The molecule has 0 spiro atoms. The maximum atomic E-state index is 11.6. The Kier molecular flexibility index (Phi) is 3.25. The van der Waals surface area contributed by atoms with Gasteiger partial charge in [-0.05, 0) is 44.2 Å². The largest absolute Gasteiger partial charge is 0.294 e. The van der Waals surface area contributed by atoms with E-state index in [1.165, 1.54) is 11.6 Å². The summed E-state index contributed by atoms with van der Waals surface area (Å²) < 4.78 is 2.27. The molecular weight excluding hydrogens is 288 g/mol. The van der Waals surface area contributed by atoms with Crippen LogP contribution in [-0.2, 0) is 0 Å². The van der Waals surface area contributed by atoms with Gasteiger partial charge in [-0.15, -0.1) is 17.3 Å². The maximum Gasteiger partial charge on any atom is 0.161 e. The fourth-order valence-corrected chi connectivity index (χ4v) is 3.76. The number of hydrogen-bond donors (Lipinski definition) is 0. The van der Waals surface area contributed by atoms with Gasteiger partial charge in [0.15, 0.2) is 5.78 Å². The normalized spacial score (nSPS) is 10.6. The maximum absolute atomic E-state index is 11.6. The van der Waals surface area contributed by atoms with E-state index in [9.17, 15) is 4.79 Å². The van der Waals surface area contributed by atoms with Crippen molar-refractivity contribution in [2.75, 3.05) is 0 Å².